The molecule has 1 unspecified atom stereocenters. The summed E-state index contributed by atoms with van der Waals surface area (Å²) in [5, 5.41) is 3.03. The molecule has 148 valence electrons. The van der Waals surface area contributed by atoms with Crippen LogP contribution in [0.3, 0.4) is 0 Å². The molecule has 4 N–H and O–H groups in total. The number of benzene rings is 1. The molecular formula is C18H30ClN3O3S. The fourth-order valence-electron chi connectivity index (χ4n) is 3.44. The molecule has 0 radical (unpaired) electrons. The second-order valence-corrected chi connectivity index (χ2v) is 8.46. The number of carbonyl (C=O) groups excluding carboxylic acids is 1. The molecule has 2 rings (SSSR count). The van der Waals surface area contributed by atoms with E-state index in [1.807, 2.05) is 0 Å². The molecule has 6 nitrogen and oxygen atoms in total. The minimum Gasteiger partial charge on any atom is -0.348 e. The third-order valence-corrected chi connectivity index (χ3v) is 6.43. The third-order valence-electron chi connectivity index (χ3n) is 4.89. The average molecular weight is 404 g/mol. The van der Waals surface area contributed by atoms with Gasteiger partial charge >= 0.3 is 0 Å². The molecule has 1 aliphatic rings. The molecule has 0 spiro atoms. The number of hydrogen-bond acceptors (Lipinski definition) is 4. The highest BCUT2D eigenvalue weighted by Crippen LogP contribution is 2.26. The predicted molar refractivity (Wildman–Crippen MR) is 106 cm³/mol. The van der Waals surface area contributed by atoms with E-state index in [4.69, 9.17) is 5.73 Å². The van der Waals surface area contributed by atoms with Crippen molar-refractivity contribution in [3.05, 3.63) is 29.3 Å². The second kappa shape index (κ2) is 10.3. The fourth-order valence-corrected chi connectivity index (χ4v) is 4.51. The van der Waals surface area contributed by atoms with Crippen molar-refractivity contribution in [1.82, 2.24) is 10.0 Å². The molecule has 1 aromatic carbocycles. The number of halogens is 1. The van der Waals surface area contributed by atoms with Crippen LogP contribution >= 0.6 is 12.4 Å². The molecule has 1 aliphatic carbocycles. The van der Waals surface area contributed by atoms with Gasteiger partial charge in [0.1, 0.15) is 0 Å². The van der Waals surface area contributed by atoms with Crippen molar-refractivity contribution in [3.8, 4) is 0 Å². The van der Waals surface area contributed by atoms with Crippen molar-refractivity contribution in [2.75, 3.05) is 13.1 Å². The van der Waals surface area contributed by atoms with E-state index in [-0.39, 0.29) is 29.3 Å². The first-order chi connectivity index (χ1) is 11.9. The largest absolute Gasteiger partial charge is 0.348 e. The predicted octanol–water partition coefficient (Wildman–Crippen LogP) is 2.35. The lowest BCUT2D eigenvalue weighted by Gasteiger charge is -2.30. The summed E-state index contributed by atoms with van der Waals surface area (Å²) >= 11 is 0. The lowest BCUT2D eigenvalue weighted by Crippen LogP contribution is -2.46. The van der Waals surface area contributed by atoms with E-state index >= 15 is 0 Å². The van der Waals surface area contributed by atoms with Gasteiger partial charge in [-0.25, -0.2) is 13.1 Å². The zero-order valence-electron chi connectivity index (χ0n) is 15.5. The van der Waals surface area contributed by atoms with Crippen LogP contribution in [0.1, 0.15) is 54.9 Å². The first-order valence-electron chi connectivity index (χ1n) is 9.00. The van der Waals surface area contributed by atoms with Crippen molar-refractivity contribution < 1.29 is 13.2 Å². The van der Waals surface area contributed by atoms with E-state index in [0.717, 1.165) is 18.4 Å². The van der Waals surface area contributed by atoms with Crippen LogP contribution < -0.4 is 15.8 Å². The van der Waals surface area contributed by atoms with E-state index in [2.05, 4.69) is 10.0 Å². The van der Waals surface area contributed by atoms with Gasteiger partial charge in [0, 0.05) is 24.7 Å². The van der Waals surface area contributed by atoms with E-state index < -0.39 is 10.0 Å². The zero-order chi connectivity index (χ0) is 18.4. The Bertz CT molecular complexity index is 704. The SMILES string of the molecule is CCNS(=O)(=O)c1ccc(C)c(C(=O)NC(CN)C2CCCCC2)c1.Cl. The standard InChI is InChI=1S/C18H29N3O3S.ClH/c1-3-20-25(23,24)15-10-9-13(2)16(11-15)18(22)21-17(12-19)14-7-5-4-6-8-14;/h9-11,14,17,20H,3-8,12,19H2,1-2H3,(H,21,22);1H. The van der Waals surface area contributed by atoms with Gasteiger partial charge in [0.2, 0.25) is 10.0 Å². The Morgan fingerprint density at radius 3 is 2.50 bits per heavy atom. The Morgan fingerprint density at radius 1 is 1.27 bits per heavy atom. The molecule has 26 heavy (non-hydrogen) atoms. The summed E-state index contributed by atoms with van der Waals surface area (Å²) in [6.07, 6.45) is 5.75. The minimum absolute atomic E-state index is 0. The molecule has 8 heteroatoms. The number of rotatable bonds is 7. The molecule has 0 aliphatic heterocycles. The summed E-state index contributed by atoms with van der Waals surface area (Å²) in [6.45, 7) is 4.21. The van der Waals surface area contributed by atoms with Crippen LogP contribution in [0.5, 0.6) is 0 Å². The van der Waals surface area contributed by atoms with Crippen molar-refractivity contribution in [2.45, 2.75) is 56.9 Å². The monoisotopic (exact) mass is 403 g/mol. The molecule has 1 fully saturated rings. The Hall–Kier alpha value is -1.15. The van der Waals surface area contributed by atoms with Crippen LogP contribution in [-0.4, -0.2) is 33.5 Å². The maximum Gasteiger partial charge on any atom is 0.251 e. The molecule has 1 atom stereocenters. The number of nitrogens with one attached hydrogen (secondary N) is 2. The van der Waals surface area contributed by atoms with Gasteiger partial charge in [-0.3, -0.25) is 4.79 Å². The normalized spacial score (nSPS) is 16.6. The zero-order valence-corrected chi connectivity index (χ0v) is 17.1. The third kappa shape index (κ3) is 5.67. The van der Waals surface area contributed by atoms with Gasteiger partial charge in [-0.2, -0.15) is 0 Å². The number of hydrogen-bond donors (Lipinski definition) is 3. The highest BCUT2D eigenvalue weighted by atomic mass is 35.5. The van der Waals surface area contributed by atoms with E-state index in [9.17, 15) is 13.2 Å². The summed E-state index contributed by atoms with van der Waals surface area (Å²) in [7, 11) is -3.59. The lowest BCUT2D eigenvalue weighted by molar-refractivity contribution is 0.0914. The molecule has 0 saturated heterocycles. The Morgan fingerprint density at radius 2 is 1.92 bits per heavy atom. The lowest BCUT2D eigenvalue weighted by atomic mass is 9.83. The van der Waals surface area contributed by atoms with Gasteiger partial charge in [-0.1, -0.05) is 32.3 Å². The molecule has 0 aromatic heterocycles. The quantitative estimate of drug-likeness (QED) is 0.650. The van der Waals surface area contributed by atoms with E-state index in [0.29, 0.717) is 24.6 Å². The Labute approximate surface area is 162 Å². The summed E-state index contributed by atoms with van der Waals surface area (Å²) < 4.78 is 26.8. The summed E-state index contributed by atoms with van der Waals surface area (Å²) in [6, 6.07) is 4.56. The van der Waals surface area contributed by atoms with Gasteiger partial charge < -0.3 is 11.1 Å². The van der Waals surface area contributed by atoms with Crippen molar-refractivity contribution in [1.29, 1.82) is 0 Å². The van der Waals surface area contributed by atoms with Gasteiger partial charge in [0.25, 0.3) is 5.91 Å². The molecule has 0 heterocycles. The first kappa shape index (κ1) is 22.9. The van der Waals surface area contributed by atoms with Crippen LogP contribution in [0, 0.1) is 12.8 Å². The maximum atomic E-state index is 12.7. The average Bonchev–Trinajstić information content (AvgIpc) is 2.60. The van der Waals surface area contributed by atoms with E-state index in [1.54, 1.807) is 19.9 Å². The highest BCUT2D eigenvalue weighted by Gasteiger charge is 2.25. The summed E-state index contributed by atoms with van der Waals surface area (Å²) in [5.74, 6) is 0.142. The second-order valence-electron chi connectivity index (χ2n) is 6.69. The summed E-state index contributed by atoms with van der Waals surface area (Å²) in [4.78, 5) is 12.8. The Kier molecular flexibility index (Phi) is 9.03. The number of carbonyl (C=O) groups is 1. The number of aryl methyl sites for hydroxylation is 1. The van der Waals surface area contributed by atoms with Crippen LogP contribution in [0.2, 0.25) is 0 Å². The topological polar surface area (TPSA) is 101 Å². The smallest absolute Gasteiger partial charge is 0.251 e. The minimum atomic E-state index is -3.59. The molecule has 1 saturated carbocycles. The van der Waals surface area contributed by atoms with Gasteiger partial charge in [-0.05, 0) is 43.4 Å². The molecule has 1 amide bonds. The molecule has 1 aromatic rings. The first-order valence-corrected chi connectivity index (χ1v) is 10.5. The van der Waals surface area contributed by atoms with Gasteiger partial charge in [-0.15, -0.1) is 12.4 Å². The molecular weight excluding hydrogens is 374 g/mol. The summed E-state index contributed by atoms with van der Waals surface area (Å²) in [5.41, 5.74) is 7.01. The van der Waals surface area contributed by atoms with Crippen LogP contribution in [0.25, 0.3) is 0 Å². The number of sulfonamides is 1. The Balaban J connectivity index is 0.00000338. The van der Waals surface area contributed by atoms with Gasteiger partial charge in [0.05, 0.1) is 4.90 Å². The number of nitrogens with two attached hydrogens (primary N) is 1. The van der Waals surface area contributed by atoms with Crippen LogP contribution in [-0.2, 0) is 10.0 Å². The van der Waals surface area contributed by atoms with Crippen LogP contribution in [0.4, 0.5) is 0 Å². The van der Waals surface area contributed by atoms with E-state index in [1.165, 1.54) is 31.4 Å². The van der Waals surface area contributed by atoms with Crippen molar-refractivity contribution in [3.63, 3.8) is 0 Å². The molecule has 0 bridgehead atoms. The maximum absolute atomic E-state index is 12.7. The van der Waals surface area contributed by atoms with Crippen molar-refractivity contribution >= 4 is 28.3 Å². The number of amides is 1. The van der Waals surface area contributed by atoms with Gasteiger partial charge in [0.15, 0.2) is 0 Å². The van der Waals surface area contributed by atoms with Crippen molar-refractivity contribution in [2.24, 2.45) is 11.7 Å². The fraction of sp³-hybridized carbons (Fsp3) is 0.611. The highest BCUT2D eigenvalue weighted by molar-refractivity contribution is 7.89. The van der Waals surface area contributed by atoms with Crippen LogP contribution in [0.15, 0.2) is 23.1 Å².